The molecule has 1 aromatic heterocycles. The third kappa shape index (κ3) is 3.78. The van der Waals surface area contributed by atoms with Crippen LogP contribution in [0.4, 0.5) is 0 Å². The number of nitrogens with one attached hydrogen (secondary N) is 1. The van der Waals surface area contributed by atoms with Crippen molar-refractivity contribution < 1.29 is 9.59 Å². The van der Waals surface area contributed by atoms with Gasteiger partial charge in [-0.2, -0.15) is 0 Å². The lowest BCUT2D eigenvalue weighted by atomic mass is 10.1. The molecule has 1 atom stereocenters. The molecule has 114 valence electrons. The van der Waals surface area contributed by atoms with Crippen molar-refractivity contribution in [1.29, 1.82) is 0 Å². The Labute approximate surface area is 125 Å². The van der Waals surface area contributed by atoms with Crippen molar-refractivity contribution in [3.05, 3.63) is 29.6 Å². The second-order valence-corrected chi connectivity index (χ2v) is 5.49. The smallest absolute Gasteiger partial charge is 0.272 e. The van der Waals surface area contributed by atoms with Crippen LogP contribution in [-0.4, -0.2) is 66.9 Å². The minimum Gasteiger partial charge on any atom is -0.359 e. The molecule has 1 aromatic rings. The van der Waals surface area contributed by atoms with Gasteiger partial charge in [0.2, 0.25) is 5.91 Å². The van der Waals surface area contributed by atoms with Crippen molar-refractivity contribution in [2.24, 2.45) is 5.92 Å². The van der Waals surface area contributed by atoms with Crippen LogP contribution in [0.2, 0.25) is 0 Å². The maximum Gasteiger partial charge on any atom is 0.272 e. The first-order valence-electron chi connectivity index (χ1n) is 7.14. The molecule has 6 nitrogen and oxygen atoms in total. The van der Waals surface area contributed by atoms with Gasteiger partial charge in [0.1, 0.15) is 5.69 Å². The molecular weight excluding hydrogens is 268 g/mol. The number of hydrogen-bond donors (Lipinski definition) is 1. The van der Waals surface area contributed by atoms with Gasteiger partial charge in [0.05, 0.1) is 5.92 Å². The van der Waals surface area contributed by atoms with Crippen molar-refractivity contribution in [1.82, 2.24) is 20.1 Å². The normalized spacial score (nSPS) is 20.0. The fourth-order valence-electron chi connectivity index (χ4n) is 2.55. The zero-order valence-electron chi connectivity index (χ0n) is 12.8. The Morgan fingerprint density at radius 3 is 2.71 bits per heavy atom. The summed E-state index contributed by atoms with van der Waals surface area (Å²) >= 11 is 0. The minimum atomic E-state index is -0.212. The van der Waals surface area contributed by atoms with Crippen LogP contribution < -0.4 is 5.32 Å². The highest BCUT2D eigenvalue weighted by Crippen LogP contribution is 2.12. The van der Waals surface area contributed by atoms with E-state index >= 15 is 0 Å². The predicted molar refractivity (Wildman–Crippen MR) is 79.9 cm³/mol. The van der Waals surface area contributed by atoms with Crippen LogP contribution in [0, 0.1) is 12.8 Å². The van der Waals surface area contributed by atoms with Crippen LogP contribution in [0.1, 0.15) is 16.2 Å². The molecule has 0 aliphatic carbocycles. The third-order valence-electron chi connectivity index (χ3n) is 3.74. The highest BCUT2D eigenvalue weighted by atomic mass is 16.2. The van der Waals surface area contributed by atoms with Crippen molar-refractivity contribution >= 4 is 11.8 Å². The summed E-state index contributed by atoms with van der Waals surface area (Å²) in [7, 11) is 3.59. The van der Waals surface area contributed by atoms with Gasteiger partial charge in [0.25, 0.3) is 5.91 Å². The van der Waals surface area contributed by atoms with Gasteiger partial charge in [0.15, 0.2) is 0 Å². The molecule has 0 saturated carbocycles. The molecule has 0 radical (unpaired) electrons. The SMILES string of the molecule is CNC(=O)[C@H]1CN(C)CCN(C(=O)c2cccc(C)n2)C1. The summed E-state index contributed by atoms with van der Waals surface area (Å²) in [6.07, 6.45) is 0. The van der Waals surface area contributed by atoms with Gasteiger partial charge in [-0.1, -0.05) is 6.07 Å². The van der Waals surface area contributed by atoms with Crippen molar-refractivity contribution in [3.8, 4) is 0 Å². The number of carbonyl (C=O) groups excluding carboxylic acids is 2. The maximum absolute atomic E-state index is 12.6. The van der Waals surface area contributed by atoms with Crippen LogP contribution in [0.5, 0.6) is 0 Å². The van der Waals surface area contributed by atoms with E-state index in [1.54, 1.807) is 18.0 Å². The molecule has 0 aromatic carbocycles. The summed E-state index contributed by atoms with van der Waals surface area (Å²) in [6.45, 7) is 4.31. The first kappa shape index (κ1) is 15.4. The van der Waals surface area contributed by atoms with Gasteiger partial charge in [-0.15, -0.1) is 0 Å². The van der Waals surface area contributed by atoms with E-state index in [4.69, 9.17) is 0 Å². The topological polar surface area (TPSA) is 65.5 Å². The third-order valence-corrected chi connectivity index (χ3v) is 3.74. The van der Waals surface area contributed by atoms with Gasteiger partial charge < -0.3 is 15.1 Å². The van der Waals surface area contributed by atoms with E-state index in [9.17, 15) is 9.59 Å². The van der Waals surface area contributed by atoms with Crippen LogP contribution in [0.25, 0.3) is 0 Å². The molecule has 1 fully saturated rings. The highest BCUT2D eigenvalue weighted by molar-refractivity contribution is 5.92. The molecule has 2 heterocycles. The molecule has 2 amide bonds. The Morgan fingerprint density at radius 2 is 2.05 bits per heavy atom. The quantitative estimate of drug-likeness (QED) is 0.841. The van der Waals surface area contributed by atoms with E-state index in [1.165, 1.54) is 0 Å². The standard InChI is InChI=1S/C15H22N4O2/c1-11-5-4-6-13(17-11)15(21)19-8-7-18(3)9-12(10-19)14(20)16-2/h4-6,12H,7-10H2,1-3H3,(H,16,20)/t12-/m0/s1. The molecule has 0 unspecified atom stereocenters. The lowest BCUT2D eigenvalue weighted by molar-refractivity contribution is -0.125. The van der Waals surface area contributed by atoms with E-state index < -0.39 is 0 Å². The second kappa shape index (κ2) is 6.67. The molecule has 2 rings (SSSR count). The Balaban J connectivity index is 2.17. The number of pyridine rings is 1. The summed E-state index contributed by atoms with van der Waals surface area (Å²) in [6, 6.07) is 5.41. The summed E-state index contributed by atoms with van der Waals surface area (Å²) in [5, 5.41) is 2.67. The predicted octanol–water partition coefficient (Wildman–Crippen LogP) is 0.140. The largest absolute Gasteiger partial charge is 0.359 e. The Kier molecular flexibility index (Phi) is 4.90. The molecule has 0 bridgehead atoms. The van der Waals surface area contributed by atoms with Crippen molar-refractivity contribution in [2.45, 2.75) is 6.92 Å². The zero-order valence-corrected chi connectivity index (χ0v) is 12.8. The first-order valence-corrected chi connectivity index (χ1v) is 7.14. The lowest BCUT2D eigenvalue weighted by Gasteiger charge is -2.23. The Hall–Kier alpha value is -1.95. The Morgan fingerprint density at radius 1 is 1.29 bits per heavy atom. The highest BCUT2D eigenvalue weighted by Gasteiger charge is 2.29. The van der Waals surface area contributed by atoms with Gasteiger partial charge in [-0.25, -0.2) is 4.98 Å². The monoisotopic (exact) mass is 290 g/mol. The molecule has 6 heteroatoms. The fourth-order valence-corrected chi connectivity index (χ4v) is 2.55. The van der Waals surface area contributed by atoms with Crippen molar-refractivity contribution in [3.63, 3.8) is 0 Å². The van der Waals surface area contributed by atoms with Gasteiger partial charge in [0, 0.05) is 38.9 Å². The summed E-state index contributed by atoms with van der Waals surface area (Å²) in [5.41, 5.74) is 1.26. The van der Waals surface area contributed by atoms with E-state index in [-0.39, 0.29) is 17.7 Å². The van der Waals surface area contributed by atoms with Gasteiger partial charge in [-0.05, 0) is 26.1 Å². The zero-order chi connectivity index (χ0) is 15.4. The number of aryl methyl sites for hydroxylation is 1. The average molecular weight is 290 g/mol. The molecule has 1 aliphatic rings. The van der Waals surface area contributed by atoms with E-state index in [0.29, 0.717) is 25.3 Å². The molecule has 0 spiro atoms. The molecule has 1 N–H and O–H groups in total. The number of amides is 2. The maximum atomic E-state index is 12.6. The number of aromatic nitrogens is 1. The second-order valence-electron chi connectivity index (χ2n) is 5.49. The van der Waals surface area contributed by atoms with Crippen molar-refractivity contribution in [2.75, 3.05) is 40.3 Å². The summed E-state index contributed by atoms with van der Waals surface area (Å²) in [4.78, 5) is 32.6. The number of carbonyl (C=O) groups is 2. The number of nitrogens with zero attached hydrogens (tertiary/aromatic N) is 3. The first-order chi connectivity index (χ1) is 10.0. The number of rotatable bonds is 2. The molecule has 1 aliphatic heterocycles. The van der Waals surface area contributed by atoms with Crippen LogP contribution in [0.15, 0.2) is 18.2 Å². The van der Waals surface area contributed by atoms with Crippen LogP contribution in [0.3, 0.4) is 0 Å². The van der Waals surface area contributed by atoms with E-state index in [1.807, 2.05) is 26.1 Å². The van der Waals surface area contributed by atoms with Gasteiger partial charge >= 0.3 is 0 Å². The Bertz CT molecular complexity index is 532. The number of hydrogen-bond acceptors (Lipinski definition) is 4. The average Bonchev–Trinajstić information content (AvgIpc) is 2.67. The van der Waals surface area contributed by atoms with Gasteiger partial charge in [-0.3, -0.25) is 9.59 Å². The molecule has 21 heavy (non-hydrogen) atoms. The fraction of sp³-hybridized carbons (Fsp3) is 0.533. The summed E-state index contributed by atoms with van der Waals surface area (Å²) in [5.74, 6) is -0.349. The molecule has 1 saturated heterocycles. The van der Waals surface area contributed by atoms with Crippen LogP contribution >= 0.6 is 0 Å². The minimum absolute atomic E-state index is 0.0289. The molecular formula is C15H22N4O2. The number of likely N-dealkylation sites (N-methyl/N-ethyl adjacent to an activating group) is 1. The summed E-state index contributed by atoms with van der Waals surface area (Å²) < 4.78 is 0. The lowest BCUT2D eigenvalue weighted by Crippen LogP contribution is -2.41. The van der Waals surface area contributed by atoms with E-state index in [0.717, 1.165) is 12.2 Å². The van der Waals surface area contributed by atoms with E-state index in [2.05, 4.69) is 15.2 Å². The van der Waals surface area contributed by atoms with Crippen LogP contribution in [-0.2, 0) is 4.79 Å².